The molecule has 0 saturated heterocycles. The molecule has 2 atom stereocenters. The van der Waals surface area contributed by atoms with Crippen LogP contribution in [-0.2, 0) is 9.47 Å². The van der Waals surface area contributed by atoms with Crippen molar-refractivity contribution in [1.82, 2.24) is 24.9 Å². The number of methoxy groups -OCH3 is 2. The third-order valence-corrected chi connectivity index (χ3v) is 7.17. The molecule has 1 N–H and O–H groups in total. The van der Waals surface area contributed by atoms with Gasteiger partial charge in [0.1, 0.15) is 33.3 Å². The van der Waals surface area contributed by atoms with Crippen LogP contribution in [0.5, 0.6) is 11.8 Å². The van der Waals surface area contributed by atoms with Gasteiger partial charge >= 0.3 is 12.1 Å². The van der Waals surface area contributed by atoms with Crippen LogP contribution in [-0.4, -0.2) is 63.4 Å². The van der Waals surface area contributed by atoms with Gasteiger partial charge in [0.15, 0.2) is 5.82 Å². The number of hydrogen-bond donors (Lipinski definition) is 1. The number of pyridine rings is 2. The smallest absolute Gasteiger partial charge is 0.412 e. The highest BCUT2D eigenvalue weighted by molar-refractivity contribution is 7.21. The van der Waals surface area contributed by atoms with E-state index in [1.54, 1.807) is 13.8 Å². The van der Waals surface area contributed by atoms with E-state index in [0.717, 1.165) is 11.1 Å². The number of nitrogens with one attached hydrogen (secondary N) is 1. The van der Waals surface area contributed by atoms with Crippen LogP contribution in [0.15, 0.2) is 42.7 Å². The van der Waals surface area contributed by atoms with Crippen LogP contribution in [0.2, 0.25) is 0 Å². The van der Waals surface area contributed by atoms with E-state index < -0.39 is 30.1 Å². The summed E-state index contributed by atoms with van der Waals surface area (Å²) in [5.74, 6) is -1.16. The second-order valence-corrected chi connectivity index (χ2v) is 10.2. The summed E-state index contributed by atoms with van der Waals surface area (Å²) in [5, 5.41) is 3.10. The molecule has 0 spiro atoms. The Balaban J connectivity index is 1.30. The molecule has 12 nitrogen and oxygen atoms in total. The van der Waals surface area contributed by atoms with Gasteiger partial charge in [-0.15, -0.1) is 0 Å². The predicted octanol–water partition coefficient (Wildman–Crippen LogP) is 5.34. The van der Waals surface area contributed by atoms with E-state index in [4.69, 9.17) is 14.2 Å². The lowest BCUT2D eigenvalue weighted by Crippen LogP contribution is -2.33. The zero-order valence-electron chi connectivity index (χ0n) is 23.2. The lowest BCUT2D eigenvalue weighted by Gasteiger charge is -2.21. The summed E-state index contributed by atoms with van der Waals surface area (Å²) in [6.45, 7) is 5.16. The van der Waals surface area contributed by atoms with Gasteiger partial charge in [0, 0.05) is 11.6 Å². The van der Waals surface area contributed by atoms with Gasteiger partial charge in [-0.3, -0.25) is 5.32 Å². The van der Waals surface area contributed by atoms with Crippen molar-refractivity contribution in [2.24, 2.45) is 0 Å². The predicted molar refractivity (Wildman–Crippen MR) is 152 cm³/mol. The lowest BCUT2D eigenvalue weighted by atomic mass is 10.1. The summed E-state index contributed by atoms with van der Waals surface area (Å²) in [7, 11) is 2.77. The molecule has 0 aliphatic heterocycles. The van der Waals surface area contributed by atoms with Crippen LogP contribution in [0.1, 0.15) is 29.9 Å². The Bertz CT molecular complexity index is 1800. The molecule has 0 fully saturated rings. The first-order valence-electron chi connectivity index (χ1n) is 12.6. The highest BCUT2D eigenvalue weighted by Gasteiger charge is 2.23. The average Bonchev–Trinajstić information content (AvgIpc) is 3.38. The van der Waals surface area contributed by atoms with Gasteiger partial charge in [-0.25, -0.2) is 33.9 Å². The van der Waals surface area contributed by atoms with E-state index in [2.05, 4.69) is 35.0 Å². The molecule has 5 rings (SSSR count). The number of carbonyl (C=O) groups is 2. The Morgan fingerprint density at radius 3 is 2.50 bits per heavy atom. The van der Waals surface area contributed by atoms with E-state index >= 15 is 4.39 Å². The number of anilines is 1. The SMILES string of the molecule is COC(=O)c1ccc(NC(=O)OC(C)C(C)Oc2nc3sc(-c4cc(C)cc5nc(OC)cnc45)nc3cc2F)cn1. The Hall–Kier alpha value is -4.98. The Kier molecular flexibility index (Phi) is 8.06. The number of amides is 1. The van der Waals surface area contributed by atoms with Crippen LogP contribution < -0.4 is 14.8 Å². The molecule has 4 heterocycles. The average molecular weight is 593 g/mol. The molecule has 1 aromatic carbocycles. The molecule has 0 radical (unpaired) electrons. The molecule has 0 aliphatic rings. The first-order valence-corrected chi connectivity index (χ1v) is 13.4. The van der Waals surface area contributed by atoms with E-state index in [-0.39, 0.29) is 11.6 Å². The molecule has 42 heavy (non-hydrogen) atoms. The van der Waals surface area contributed by atoms with Crippen molar-refractivity contribution in [3.63, 3.8) is 0 Å². The summed E-state index contributed by atoms with van der Waals surface area (Å²) in [5.41, 5.74) is 3.72. The second kappa shape index (κ2) is 11.9. The summed E-state index contributed by atoms with van der Waals surface area (Å²) in [6.07, 6.45) is 0.497. The molecule has 0 bridgehead atoms. The summed E-state index contributed by atoms with van der Waals surface area (Å²) < 4.78 is 35.9. The van der Waals surface area contributed by atoms with Crippen molar-refractivity contribution in [1.29, 1.82) is 0 Å². The molecule has 216 valence electrons. The minimum atomic E-state index is -0.785. The Morgan fingerprint density at radius 1 is 0.976 bits per heavy atom. The second-order valence-electron chi connectivity index (χ2n) is 9.19. The number of carbonyl (C=O) groups excluding carboxylic acids is 2. The summed E-state index contributed by atoms with van der Waals surface area (Å²) in [4.78, 5) is 46.1. The van der Waals surface area contributed by atoms with E-state index in [1.165, 1.54) is 56.1 Å². The van der Waals surface area contributed by atoms with Gasteiger partial charge in [0.2, 0.25) is 5.88 Å². The molecule has 0 saturated carbocycles. The fourth-order valence-corrected chi connectivity index (χ4v) is 4.84. The molecular weight excluding hydrogens is 567 g/mol. The van der Waals surface area contributed by atoms with Gasteiger partial charge < -0.3 is 18.9 Å². The standard InChI is InChI=1S/C28H25FN6O6S/c1-13-8-17(23-20(9-13)33-22(38-4)12-31-23)25-34-21-10-18(29)24(35-26(21)42-25)40-14(2)15(3)41-28(37)32-16-6-7-19(30-11-16)27(36)39-5/h6-12,14-15H,1-5H3,(H,32,37). The lowest BCUT2D eigenvalue weighted by molar-refractivity contribution is 0.0379. The summed E-state index contributed by atoms with van der Waals surface area (Å²) >= 11 is 1.26. The first-order chi connectivity index (χ1) is 20.1. The van der Waals surface area contributed by atoms with E-state index in [0.29, 0.717) is 38.0 Å². The van der Waals surface area contributed by atoms with Crippen LogP contribution in [0, 0.1) is 12.7 Å². The van der Waals surface area contributed by atoms with Crippen LogP contribution in [0.3, 0.4) is 0 Å². The molecule has 4 aromatic heterocycles. The Labute approximate surface area is 242 Å². The number of halogens is 1. The number of aromatic nitrogens is 5. The van der Waals surface area contributed by atoms with E-state index in [9.17, 15) is 9.59 Å². The zero-order valence-corrected chi connectivity index (χ0v) is 24.0. The zero-order chi connectivity index (χ0) is 30.0. The van der Waals surface area contributed by atoms with Crippen molar-refractivity contribution in [3.05, 3.63) is 59.8 Å². The number of fused-ring (bicyclic) bond motifs is 2. The maximum absolute atomic E-state index is 15.0. The fourth-order valence-electron chi connectivity index (χ4n) is 3.91. The van der Waals surface area contributed by atoms with Gasteiger partial charge in [-0.05, 0) is 50.6 Å². The van der Waals surface area contributed by atoms with Gasteiger partial charge in [0.25, 0.3) is 5.88 Å². The van der Waals surface area contributed by atoms with Crippen molar-refractivity contribution in [3.8, 4) is 22.3 Å². The fraction of sp³-hybridized carbons (Fsp3) is 0.250. The van der Waals surface area contributed by atoms with Gasteiger partial charge in [-0.1, -0.05) is 11.3 Å². The molecule has 0 aliphatic carbocycles. The molecular formula is C28H25FN6O6S. The molecule has 2 unspecified atom stereocenters. The quantitative estimate of drug-likeness (QED) is 0.233. The van der Waals surface area contributed by atoms with Gasteiger partial charge in [0.05, 0.1) is 43.3 Å². The van der Waals surface area contributed by atoms with Gasteiger partial charge in [-0.2, -0.15) is 4.98 Å². The normalized spacial score (nSPS) is 12.5. The number of aryl methyl sites for hydroxylation is 1. The largest absolute Gasteiger partial charge is 0.480 e. The van der Waals surface area contributed by atoms with Crippen molar-refractivity contribution < 1.29 is 32.9 Å². The number of nitrogens with zero attached hydrogens (tertiary/aromatic N) is 5. The maximum Gasteiger partial charge on any atom is 0.412 e. The van der Waals surface area contributed by atoms with Crippen molar-refractivity contribution in [2.75, 3.05) is 19.5 Å². The van der Waals surface area contributed by atoms with Crippen LogP contribution in [0.25, 0.3) is 32.0 Å². The number of hydrogen-bond acceptors (Lipinski definition) is 12. The topological polar surface area (TPSA) is 148 Å². The number of esters is 1. The van der Waals surface area contributed by atoms with Crippen LogP contribution in [0.4, 0.5) is 14.9 Å². The minimum Gasteiger partial charge on any atom is -0.480 e. The third-order valence-electron chi connectivity index (χ3n) is 6.17. The Morgan fingerprint density at radius 2 is 1.79 bits per heavy atom. The molecule has 14 heteroatoms. The highest BCUT2D eigenvalue weighted by Crippen LogP contribution is 2.35. The van der Waals surface area contributed by atoms with Crippen molar-refractivity contribution in [2.45, 2.75) is 33.0 Å². The number of rotatable bonds is 8. The number of thiazole rings is 1. The number of ether oxygens (including phenoxy) is 4. The monoisotopic (exact) mass is 592 g/mol. The first kappa shape index (κ1) is 28.5. The summed E-state index contributed by atoms with van der Waals surface area (Å²) in [6, 6.07) is 7.96. The van der Waals surface area contributed by atoms with Crippen molar-refractivity contribution >= 4 is 50.5 Å². The third kappa shape index (κ3) is 6.02. The van der Waals surface area contributed by atoms with E-state index in [1.807, 2.05) is 19.1 Å². The maximum atomic E-state index is 15.0. The molecule has 5 aromatic rings. The van der Waals surface area contributed by atoms with Crippen LogP contribution >= 0.6 is 11.3 Å². The minimum absolute atomic E-state index is 0.0907. The molecule has 1 amide bonds. The number of benzene rings is 1. The highest BCUT2D eigenvalue weighted by atomic mass is 32.1.